The number of aromatic nitrogens is 3. The van der Waals surface area contributed by atoms with Crippen molar-refractivity contribution in [1.29, 1.82) is 0 Å². The first-order valence-corrected chi connectivity index (χ1v) is 11.1. The van der Waals surface area contributed by atoms with E-state index in [1.165, 1.54) is 23.3 Å². The van der Waals surface area contributed by atoms with E-state index in [4.69, 9.17) is 0 Å². The maximum Gasteiger partial charge on any atom is 0.138 e. The number of benzene rings is 1. The van der Waals surface area contributed by atoms with Crippen LogP contribution in [0.3, 0.4) is 0 Å². The Morgan fingerprint density at radius 3 is 2.75 bits per heavy atom. The van der Waals surface area contributed by atoms with Gasteiger partial charge < -0.3 is 10.3 Å². The minimum Gasteiger partial charge on any atom is -0.342 e. The summed E-state index contributed by atoms with van der Waals surface area (Å²) in [7, 11) is 0. The number of halogens is 1. The summed E-state index contributed by atoms with van der Waals surface area (Å²) in [5, 5.41) is 4.73. The van der Waals surface area contributed by atoms with Crippen LogP contribution >= 0.6 is 0 Å². The van der Waals surface area contributed by atoms with Crippen LogP contribution in [0.1, 0.15) is 35.3 Å². The molecule has 4 N–H and O–H groups in total. The van der Waals surface area contributed by atoms with Gasteiger partial charge in [0.25, 0.3) is 0 Å². The van der Waals surface area contributed by atoms with Crippen LogP contribution in [-0.4, -0.2) is 27.5 Å². The number of hydrogen-bond donors (Lipinski definition) is 4. The molecule has 3 aromatic heterocycles. The normalized spacial score (nSPS) is 25.2. The van der Waals surface area contributed by atoms with Gasteiger partial charge in [0.2, 0.25) is 0 Å². The predicted molar refractivity (Wildman–Crippen MR) is 122 cm³/mol. The highest BCUT2D eigenvalue weighted by atomic mass is 19.1. The molecule has 2 saturated heterocycles. The van der Waals surface area contributed by atoms with Gasteiger partial charge in [-0.3, -0.25) is 10.4 Å². The Morgan fingerprint density at radius 1 is 1.03 bits per heavy atom. The Balaban J connectivity index is 1.33. The molecule has 2 aliphatic heterocycles. The fourth-order valence-electron chi connectivity index (χ4n) is 5.25. The maximum atomic E-state index is 13.4. The third-order valence-electron chi connectivity index (χ3n) is 6.96. The lowest BCUT2D eigenvalue weighted by Gasteiger charge is -2.34. The summed E-state index contributed by atoms with van der Waals surface area (Å²) in [5.74, 6) is 0.189. The molecular weight excluding hydrogens is 403 g/mol. The van der Waals surface area contributed by atoms with E-state index in [0.29, 0.717) is 12.0 Å². The van der Waals surface area contributed by atoms with Crippen molar-refractivity contribution in [2.75, 3.05) is 6.54 Å². The molecule has 4 unspecified atom stereocenters. The summed E-state index contributed by atoms with van der Waals surface area (Å²) in [6.45, 7) is 3.04. The van der Waals surface area contributed by atoms with Crippen molar-refractivity contribution in [3.8, 4) is 11.1 Å². The van der Waals surface area contributed by atoms with Gasteiger partial charge in [-0.15, -0.1) is 0 Å². The molecule has 6 nitrogen and oxygen atoms in total. The average Bonchev–Trinajstić information content (AvgIpc) is 3.43. The van der Waals surface area contributed by atoms with Gasteiger partial charge in [0.1, 0.15) is 11.5 Å². The molecule has 2 aliphatic rings. The highest BCUT2D eigenvalue weighted by Gasteiger charge is 2.42. The number of nitrogens with zero attached hydrogens (tertiary/aromatic N) is 2. The van der Waals surface area contributed by atoms with Gasteiger partial charge in [0.15, 0.2) is 0 Å². The summed E-state index contributed by atoms with van der Waals surface area (Å²) < 4.78 is 13.4. The van der Waals surface area contributed by atoms with Gasteiger partial charge in [-0.2, -0.15) is 0 Å². The highest BCUT2D eigenvalue weighted by molar-refractivity contribution is 5.93. The van der Waals surface area contributed by atoms with Gasteiger partial charge in [0.05, 0.1) is 6.04 Å². The van der Waals surface area contributed by atoms with Crippen molar-refractivity contribution in [2.45, 2.75) is 31.5 Å². The van der Waals surface area contributed by atoms with E-state index in [9.17, 15) is 4.39 Å². The van der Waals surface area contributed by atoms with Crippen LogP contribution in [0.4, 0.5) is 4.39 Å². The number of pyridine rings is 2. The number of aryl methyl sites for hydroxylation is 1. The fourth-order valence-corrected chi connectivity index (χ4v) is 5.25. The molecule has 6 rings (SSSR count). The molecule has 1 aromatic carbocycles. The SMILES string of the molecule is Cc1ccncc1C1CC2C(CN1)NNC2c1cc2c(-c3ccc(F)cc3)ccnc2[nH]1. The molecule has 0 spiro atoms. The second-order valence-electron chi connectivity index (χ2n) is 8.82. The van der Waals surface area contributed by atoms with E-state index in [-0.39, 0.29) is 17.9 Å². The predicted octanol–water partition coefficient (Wildman–Crippen LogP) is 3.94. The molecule has 162 valence electrons. The molecule has 32 heavy (non-hydrogen) atoms. The first-order valence-electron chi connectivity index (χ1n) is 11.1. The highest BCUT2D eigenvalue weighted by Crippen LogP contribution is 2.40. The van der Waals surface area contributed by atoms with Crippen LogP contribution in [0.15, 0.2) is 61.1 Å². The van der Waals surface area contributed by atoms with Crippen molar-refractivity contribution in [1.82, 2.24) is 31.1 Å². The largest absolute Gasteiger partial charge is 0.342 e. The topological polar surface area (TPSA) is 77.7 Å². The summed E-state index contributed by atoms with van der Waals surface area (Å²) in [4.78, 5) is 12.4. The summed E-state index contributed by atoms with van der Waals surface area (Å²) in [6, 6.07) is 13.7. The molecule has 2 fully saturated rings. The average molecular weight is 429 g/mol. The second-order valence-corrected chi connectivity index (χ2v) is 8.82. The van der Waals surface area contributed by atoms with Gasteiger partial charge in [-0.1, -0.05) is 12.1 Å². The van der Waals surface area contributed by atoms with Crippen LogP contribution < -0.4 is 16.2 Å². The minimum absolute atomic E-state index is 0.150. The maximum absolute atomic E-state index is 13.4. The molecule has 5 heterocycles. The molecule has 0 amide bonds. The molecule has 0 bridgehead atoms. The molecular formula is C25H25FN6. The van der Waals surface area contributed by atoms with Crippen molar-refractivity contribution < 1.29 is 4.39 Å². The van der Waals surface area contributed by atoms with E-state index in [1.54, 1.807) is 6.20 Å². The molecule has 0 aliphatic carbocycles. The number of rotatable bonds is 3. The number of hydrogen-bond acceptors (Lipinski definition) is 5. The van der Waals surface area contributed by atoms with Gasteiger partial charge in [-0.05, 0) is 65.9 Å². The zero-order chi connectivity index (χ0) is 21.7. The Hall–Kier alpha value is -3.13. The monoisotopic (exact) mass is 428 g/mol. The third kappa shape index (κ3) is 3.30. The molecule has 4 atom stereocenters. The van der Waals surface area contributed by atoms with Crippen molar-refractivity contribution in [3.63, 3.8) is 0 Å². The number of hydrazine groups is 1. The Bertz CT molecular complexity index is 1270. The van der Waals surface area contributed by atoms with Crippen LogP contribution in [0.2, 0.25) is 0 Å². The lowest BCUT2D eigenvalue weighted by atomic mass is 9.81. The number of aromatic amines is 1. The van der Waals surface area contributed by atoms with E-state index < -0.39 is 0 Å². The molecule has 7 heteroatoms. The quantitative estimate of drug-likeness (QED) is 0.398. The van der Waals surface area contributed by atoms with E-state index in [1.807, 2.05) is 30.6 Å². The van der Waals surface area contributed by atoms with E-state index in [2.05, 4.69) is 50.2 Å². The Morgan fingerprint density at radius 2 is 1.91 bits per heavy atom. The van der Waals surface area contributed by atoms with Crippen molar-refractivity contribution >= 4 is 11.0 Å². The Kier molecular flexibility index (Phi) is 4.75. The van der Waals surface area contributed by atoms with Crippen LogP contribution in [-0.2, 0) is 0 Å². The van der Waals surface area contributed by atoms with Crippen LogP contribution in [0, 0.1) is 18.7 Å². The van der Waals surface area contributed by atoms with Crippen molar-refractivity contribution in [3.05, 3.63) is 83.7 Å². The fraction of sp³-hybridized carbons (Fsp3) is 0.280. The minimum atomic E-state index is -0.231. The second kappa shape index (κ2) is 7.78. The molecule has 4 aromatic rings. The first kappa shape index (κ1) is 19.5. The summed E-state index contributed by atoms with van der Waals surface area (Å²) in [5.41, 5.74) is 13.5. The standard InChI is InChI=1S/C25H25FN6/c1-14-6-8-27-12-20(14)21-11-19-23(13-29-21)31-32-24(19)22-10-18-17(7-9-28-25(18)30-22)15-2-4-16(26)5-3-15/h2-10,12,19,21,23-24,29,31-32H,11,13H2,1H3,(H,28,30). The zero-order valence-corrected chi connectivity index (χ0v) is 17.8. The van der Waals surface area contributed by atoms with E-state index in [0.717, 1.165) is 40.8 Å². The van der Waals surface area contributed by atoms with E-state index >= 15 is 0 Å². The summed E-state index contributed by atoms with van der Waals surface area (Å²) >= 11 is 0. The summed E-state index contributed by atoms with van der Waals surface area (Å²) in [6.07, 6.45) is 6.65. The smallest absolute Gasteiger partial charge is 0.138 e. The Labute approximate surface area is 185 Å². The lowest BCUT2D eigenvalue weighted by molar-refractivity contribution is 0.265. The number of H-pyrrole nitrogens is 1. The molecule has 0 radical (unpaired) electrons. The number of fused-ring (bicyclic) bond motifs is 2. The van der Waals surface area contributed by atoms with Crippen molar-refractivity contribution in [2.24, 2.45) is 5.92 Å². The number of nitrogens with one attached hydrogen (secondary N) is 4. The van der Waals surface area contributed by atoms with Crippen LogP contribution in [0.5, 0.6) is 0 Å². The lowest BCUT2D eigenvalue weighted by Crippen LogP contribution is -2.46. The molecule has 0 saturated carbocycles. The van der Waals surface area contributed by atoms with Crippen LogP contribution in [0.25, 0.3) is 22.2 Å². The van der Waals surface area contributed by atoms with Gasteiger partial charge in [-0.25, -0.2) is 14.8 Å². The third-order valence-corrected chi connectivity index (χ3v) is 6.96. The first-order chi connectivity index (χ1) is 15.7. The van der Waals surface area contributed by atoms with Gasteiger partial charge >= 0.3 is 0 Å². The van der Waals surface area contributed by atoms with Gasteiger partial charge in [0, 0.05) is 54.2 Å². The number of piperidine rings is 1. The zero-order valence-electron chi connectivity index (χ0n) is 17.8.